The van der Waals surface area contributed by atoms with E-state index in [1.165, 1.54) is 18.6 Å². The number of methoxy groups -OCH3 is 1. The Bertz CT molecular complexity index is 1130. The highest BCUT2D eigenvalue weighted by atomic mass is 16.6. The minimum atomic E-state index is -0.483. The summed E-state index contributed by atoms with van der Waals surface area (Å²) in [5.41, 5.74) is 1.24. The highest BCUT2D eigenvalue weighted by Gasteiger charge is 2.48. The third-order valence-electron chi connectivity index (χ3n) is 7.16. The Hall–Kier alpha value is -3.46. The number of rotatable bonds is 3. The van der Waals surface area contributed by atoms with Crippen LogP contribution in [-0.4, -0.2) is 65.9 Å². The lowest BCUT2D eigenvalue weighted by atomic mass is 9.85. The molecular formula is C24H27N5O4. The number of carbonyl (C=O) groups excluding carboxylic acids is 1. The van der Waals surface area contributed by atoms with Gasteiger partial charge in [0.15, 0.2) is 0 Å². The van der Waals surface area contributed by atoms with E-state index < -0.39 is 11.1 Å². The number of benzene rings is 2. The van der Waals surface area contributed by atoms with E-state index >= 15 is 0 Å². The van der Waals surface area contributed by atoms with Gasteiger partial charge in [-0.2, -0.15) is 0 Å². The Morgan fingerprint density at radius 3 is 2.42 bits per heavy atom. The maximum atomic E-state index is 14.0. The van der Waals surface area contributed by atoms with Gasteiger partial charge in [0.25, 0.3) is 11.6 Å². The van der Waals surface area contributed by atoms with Gasteiger partial charge in [-0.15, -0.1) is 0 Å². The van der Waals surface area contributed by atoms with Crippen LogP contribution in [0.4, 0.5) is 17.1 Å². The van der Waals surface area contributed by atoms with Gasteiger partial charge < -0.3 is 9.64 Å². The molecular weight excluding hydrogens is 422 g/mol. The van der Waals surface area contributed by atoms with Crippen molar-refractivity contribution in [2.24, 2.45) is 4.99 Å². The lowest BCUT2D eigenvalue weighted by Gasteiger charge is -2.54. The lowest BCUT2D eigenvalue weighted by molar-refractivity contribution is -0.384. The summed E-state index contributed by atoms with van der Waals surface area (Å²) in [7, 11) is 5.70. The molecule has 172 valence electrons. The third-order valence-corrected chi connectivity index (χ3v) is 7.16. The molecule has 9 heteroatoms. The molecule has 2 fully saturated rings. The minimum Gasteiger partial charge on any atom is -0.497 e. The van der Waals surface area contributed by atoms with Gasteiger partial charge in [0.1, 0.15) is 17.8 Å². The molecule has 2 heterocycles. The first-order valence-corrected chi connectivity index (χ1v) is 11.2. The van der Waals surface area contributed by atoms with Crippen molar-refractivity contribution < 1.29 is 14.5 Å². The number of amidine groups is 1. The van der Waals surface area contributed by atoms with Crippen molar-refractivity contribution in [1.29, 1.82) is 0 Å². The molecule has 3 atom stereocenters. The van der Waals surface area contributed by atoms with E-state index in [0.29, 0.717) is 23.2 Å². The van der Waals surface area contributed by atoms with E-state index in [9.17, 15) is 14.9 Å². The van der Waals surface area contributed by atoms with Crippen molar-refractivity contribution >= 4 is 28.8 Å². The predicted octanol–water partition coefficient (Wildman–Crippen LogP) is 3.81. The summed E-state index contributed by atoms with van der Waals surface area (Å²) >= 11 is 0. The van der Waals surface area contributed by atoms with Crippen LogP contribution in [0.1, 0.15) is 36.0 Å². The fourth-order valence-corrected chi connectivity index (χ4v) is 5.44. The number of nitrogens with zero attached hydrogens (tertiary/aromatic N) is 5. The highest BCUT2D eigenvalue weighted by Crippen LogP contribution is 2.39. The summed E-state index contributed by atoms with van der Waals surface area (Å²) in [6, 6.07) is 12.2. The van der Waals surface area contributed by atoms with E-state index in [-0.39, 0.29) is 23.2 Å². The van der Waals surface area contributed by atoms with Crippen LogP contribution in [0.2, 0.25) is 0 Å². The Morgan fingerprint density at radius 2 is 1.76 bits per heavy atom. The molecule has 1 aliphatic carbocycles. The average molecular weight is 450 g/mol. The zero-order chi connectivity index (χ0) is 23.3. The molecule has 0 aromatic heterocycles. The summed E-state index contributed by atoms with van der Waals surface area (Å²) in [5, 5.41) is 11.4. The topological polar surface area (TPSA) is 91.5 Å². The number of non-ortho nitro benzene ring substituents is 1. The molecule has 2 aromatic carbocycles. The summed E-state index contributed by atoms with van der Waals surface area (Å²) in [6.45, 7) is 0. The maximum Gasteiger partial charge on any atom is 0.270 e. The number of fused-ring (bicyclic) bond motifs is 3. The molecule has 0 unspecified atom stereocenters. The van der Waals surface area contributed by atoms with Gasteiger partial charge in [-0.25, -0.2) is 4.99 Å². The van der Waals surface area contributed by atoms with Crippen molar-refractivity contribution in [1.82, 2.24) is 9.80 Å². The molecule has 2 aliphatic heterocycles. The van der Waals surface area contributed by atoms with E-state index in [1.807, 2.05) is 24.3 Å². The number of ether oxygens (including phenoxy) is 1. The number of aliphatic imine (C=N–C) groups is 1. The average Bonchev–Trinajstić information content (AvgIpc) is 2.97. The van der Waals surface area contributed by atoms with E-state index in [4.69, 9.17) is 9.73 Å². The van der Waals surface area contributed by atoms with Crippen LogP contribution < -0.4 is 9.64 Å². The zero-order valence-electron chi connectivity index (χ0n) is 19.0. The first kappa shape index (κ1) is 21.4. The molecule has 1 amide bonds. The number of piperazine rings is 1. The Balaban J connectivity index is 1.71. The molecule has 0 N–H and O–H groups in total. The minimum absolute atomic E-state index is 0.128. The van der Waals surface area contributed by atoms with E-state index in [2.05, 4.69) is 23.9 Å². The second-order valence-corrected chi connectivity index (χ2v) is 8.87. The largest absolute Gasteiger partial charge is 0.497 e. The Morgan fingerprint density at radius 1 is 1.06 bits per heavy atom. The number of nitro groups is 1. The number of anilines is 1. The number of hydrogen-bond donors (Lipinski definition) is 0. The Kier molecular flexibility index (Phi) is 5.28. The van der Waals surface area contributed by atoms with Crippen LogP contribution in [0.15, 0.2) is 47.5 Å². The van der Waals surface area contributed by atoms with Crippen molar-refractivity contribution in [3.05, 3.63) is 58.1 Å². The number of nitro benzene ring substituents is 1. The van der Waals surface area contributed by atoms with Crippen LogP contribution in [0.3, 0.4) is 0 Å². The zero-order valence-corrected chi connectivity index (χ0v) is 19.0. The summed E-state index contributed by atoms with van der Waals surface area (Å²) in [5.74, 6) is 1.15. The lowest BCUT2D eigenvalue weighted by Crippen LogP contribution is -2.70. The molecule has 0 spiro atoms. The quantitative estimate of drug-likeness (QED) is 0.523. The van der Waals surface area contributed by atoms with E-state index in [1.54, 1.807) is 18.1 Å². The molecule has 3 aliphatic rings. The first-order chi connectivity index (χ1) is 15.9. The molecule has 9 nitrogen and oxygen atoms in total. The number of likely N-dealkylation sites (N-methyl/N-ethyl adjacent to an activating group) is 2. The van der Waals surface area contributed by atoms with Crippen LogP contribution in [0.25, 0.3) is 0 Å². The van der Waals surface area contributed by atoms with E-state index in [0.717, 1.165) is 25.1 Å². The summed E-state index contributed by atoms with van der Waals surface area (Å²) < 4.78 is 5.30. The van der Waals surface area contributed by atoms with Crippen LogP contribution in [0.5, 0.6) is 5.75 Å². The number of amides is 1. The van der Waals surface area contributed by atoms with Crippen molar-refractivity contribution in [3.63, 3.8) is 0 Å². The third kappa shape index (κ3) is 3.43. The van der Waals surface area contributed by atoms with Gasteiger partial charge >= 0.3 is 0 Å². The summed E-state index contributed by atoms with van der Waals surface area (Å²) in [4.78, 5) is 36.1. The molecule has 0 radical (unpaired) electrons. The number of hydrogen-bond acceptors (Lipinski definition) is 7. The van der Waals surface area contributed by atoms with Gasteiger partial charge in [-0.3, -0.25) is 24.7 Å². The molecule has 0 bridgehead atoms. The fraction of sp³-hybridized carbons (Fsp3) is 0.417. The van der Waals surface area contributed by atoms with Gasteiger partial charge in [-0.1, -0.05) is 12.8 Å². The predicted molar refractivity (Wildman–Crippen MR) is 125 cm³/mol. The van der Waals surface area contributed by atoms with Gasteiger partial charge in [0.05, 0.1) is 23.3 Å². The van der Waals surface area contributed by atoms with Crippen molar-refractivity contribution in [2.75, 3.05) is 26.1 Å². The molecule has 1 saturated carbocycles. The smallest absolute Gasteiger partial charge is 0.270 e. The molecule has 33 heavy (non-hydrogen) atoms. The maximum absolute atomic E-state index is 14.0. The SMILES string of the molecule is COc1ccc(N2C(=O)c3cc([N+](=O)[O-])ccc3N=C3[C@@H]2N(C)[C@@H]2CCCC[C@H]2N3C)cc1. The first-order valence-electron chi connectivity index (χ1n) is 11.2. The van der Waals surface area contributed by atoms with Crippen LogP contribution in [-0.2, 0) is 0 Å². The van der Waals surface area contributed by atoms with Gasteiger partial charge in [-0.05, 0) is 50.2 Å². The fourth-order valence-electron chi connectivity index (χ4n) is 5.44. The summed E-state index contributed by atoms with van der Waals surface area (Å²) in [6.07, 6.45) is 4.02. The molecule has 2 aromatic rings. The van der Waals surface area contributed by atoms with Crippen LogP contribution >= 0.6 is 0 Å². The highest BCUT2D eigenvalue weighted by molar-refractivity contribution is 6.15. The monoisotopic (exact) mass is 449 g/mol. The second kappa shape index (κ2) is 8.15. The van der Waals surface area contributed by atoms with Crippen molar-refractivity contribution in [2.45, 2.75) is 43.9 Å². The van der Waals surface area contributed by atoms with Crippen molar-refractivity contribution in [3.8, 4) is 5.75 Å². The normalized spacial score (nSPS) is 24.9. The second-order valence-electron chi connectivity index (χ2n) is 8.87. The standard InChI is InChI=1S/C24H27N5O4/c1-26-20-6-4-5-7-21(20)27(2)23-22(26)25-19-13-10-16(29(31)32)14-18(19)24(30)28(23)15-8-11-17(33-3)12-9-15/h8-14,20-21,23H,4-7H2,1-3H3/t20-,21-,23-/m1/s1. The molecule has 1 saturated heterocycles. The molecule has 5 rings (SSSR count). The van der Waals surface area contributed by atoms with Crippen LogP contribution in [0, 0.1) is 10.1 Å². The Labute approximate surface area is 192 Å². The number of carbonyl (C=O) groups is 1. The van der Waals surface area contributed by atoms with Gasteiger partial charge in [0.2, 0.25) is 0 Å². The van der Waals surface area contributed by atoms with Gasteiger partial charge in [0, 0.05) is 37.0 Å².